The molecule has 5 heteroatoms. The molecule has 2 aromatic rings. The first-order valence-corrected chi connectivity index (χ1v) is 9.27. The highest BCUT2D eigenvalue weighted by Gasteiger charge is 2.41. The van der Waals surface area contributed by atoms with E-state index in [2.05, 4.69) is 21.1 Å². The van der Waals surface area contributed by atoms with Gasteiger partial charge in [0.15, 0.2) is 0 Å². The molecule has 2 saturated heterocycles. The van der Waals surface area contributed by atoms with Crippen LogP contribution in [-0.4, -0.2) is 45.8 Å². The van der Waals surface area contributed by atoms with Crippen molar-refractivity contribution in [2.75, 3.05) is 26.2 Å². The van der Waals surface area contributed by atoms with Crippen LogP contribution in [0.2, 0.25) is 0 Å². The molecule has 2 aliphatic rings. The van der Waals surface area contributed by atoms with Gasteiger partial charge in [-0.05, 0) is 55.5 Å². The summed E-state index contributed by atoms with van der Waals surface area (Å²) in [5.74, 6) is -0.153. The maximum atomic E-state index is 13.1. The summed E-state index contributed by atoms with van der Waals surface area (Å²) >= 11 is 0. The molecule has 0 amide bonds. The first kappa shape index (κ1) is 16.7. The summed E-state index contributed by atoms with van der Waals surface area (Å²) in [7, 11) is 1.98. The van der Waals surface area contributed by atoms with Crippen molar-refractivity contribution < 1.29 is 4.39 Å². The highest BCUT2D eigenvalue weighted by Crippen LogP contribution is 2.39. The molecule has 2 aliphatic heterocycles. The maximum Gasteiger partial charge on any atom is 0.123 e. The molecule has 0 bridgehead atoms. The lowest BCUT2D eigenvalue weighted by atomic mass is 9.79. The van der Waals surface area contributed by atoms with Gasteiger partial charge in [-0.25, -0.2) is 4.39 Å². The molecule has 4 nitrogen and oxygen atoms in total. The molecule has 1 atom stereocenters. The molecule has 1 aromatic carbocycles. The summed E-state index contributed by atoms with van der Waals surface area (Å²) in [6.45, 7) is 6.63. The van der Waals surface area contributed by atoms with E-state index in [-0.39, 0.29) is 5.82 Å². The van der Waals surface area contributed by atoms with E-state index in [1.54, 1.807) is 12.1 Å². The van der Waals surface area contributed by atoms with Crippen molar-refractivity contribution in [1.82, 2.24) is 19.6 Å². The lowest BCUT2D eigenvalue weighted by Crippen LogP contribution is -2.44. The SMILES string of the molecule is Cn1cc(CN2CCC[C@]3(CCN(Cc4ccc(F)cc4)C3)C2)cn1. The molecule has 134 valence electrons. The van der Waals surface area contributed by atoms with E-state index in [0.29, 0.717) is 5.41 Å². The summed E-state index contributed by atoms with van der Waals surface area (Å²) in [6.07, 6.45) is 7.99. The Balaban J connectivity index is 1.36. The van der Waals surface area contributed by atoms with Gasteiger partial charge >= 0.3 is 0 Å². The molecule has 0 N–H and O–H groups in total. The molecule has 25 heavy (non-hydrogen) atoms. The van der Waals surface area contributed by atoms with Gasteiger partial charge in [0, 0.05) is 45.0 Å². The van der Waals surface area contributed by atoms with E-state index < -0.39 is 0 Å². The van der Waals surface area contributed by atoms with Crippen LogP contribution in [0.25, 0.3) is 0 Å². The Bertz CT molecular complexity index is 711. The molecule has 0 saturated carbocycles. The minimum atomic E-state index is -0.153. The number of rotatable bonds is 4. The third kappa shape index (κ3) is 3.93. The second-order valence-corrected chi connectivity index (χ2v) is 7.92. The summed E-state index contributed by atoms with van der Waals surface area (Å²) in [6, 6.07) is 6.96. The molecule has 3 heterocycles. The number of aromatic nitrogens is 2. The standard InChI is InChI=1S/C20H27FN4/c1-23-12-18(11-22-23)14-24-9-2-7-20(15-24)8-10-25(16-20)13-17-3-5-19(21)6-4-17/h3-6,11-12H,2,7-10,13-16H2,1H3/t20-/m0/s1. The lowest BCUT2D eigenvalue weighted by Gasteiger charge is -2.40. The molecule has 1 spiro atoms. The van der Waals surface area contributed by atoms with Crippen molar-refractivity contribution in [1.29, 1.82) is 0 Å². The fourth-order valence-corrected chi connectivity index (χ4v) is 4.60. The molecule has 1 aromatic heterocycles. The largest absolute Gasteiger partial charge is 0.298 e. The second-order valence-electron chi connectivity index (χ2n) is 7.92. The zero-order chi connectivity index (χ0) is 17.3. The highest BCUT2D eigenvalue weighted by atomic mass is 19.1. The molecule has 4 rings (SSSR count). The Morgan fingerprint density at radius 3 is 2.44 bits per heavy atom. The minimum absolute atomic E-state index is 0.153. The minimum Gasteiger partial charge on any atom is -0.298 e. The number of hydrogen-bond donors (Lipinski definition) is 0. The number of halogens is 1. The van der Waals surface area contributed by atoms with Crippen LogP contribution in [0.15, 0.2) is 36.7 Å². The first-order chi connectivity index (χ1) is 12.1. The van der Waals surface area contributed by atoms with Gasteiger partial charge in [-0.1, -0.05) is 12.1 Å². The average Bonchev–Trinajstić information content (AvgIpc) is 3.16. The van der Waals surface area contributed by atoms with Crippen LogP contribution in [-0.2, 0) is 20.1 Å². The fourth-order valence-electron chi connectivity index (χ4n) is 4.60. The van der Waals surface area contributed by atoms with E-state index in [1.807, 2.05) is 30.1 Å². The Hall–Kier alpha value is -1.72. The molecule has 0 aliphatic carbocycles. The predicted octanol–water partition coefficient (Wildman–Crippen LogP) is 3.05. The smallest absolute Gasteiger partial charge is 0.123 e. The van der Waals surface area contributed by atoms with Gasteiger partial charge in [0.25, 0.3) is 0 Å². The Labute approximate surface area is 149 Å². The van der Waals surface area contributed by atoms with Crippen molar-refractivity contribution in [3.8, 4) is 0 Å². The Morgan fingerprint density at radius 2 is 1.72 bits per heavy atom. The molecular formula is C20H27FN4. The van der Waals surface area contributed by atoms with E-state index in [0.717, 1.165) is 26.2 Å². The first-order valence-electron chi connectivity index (χ1n) is 9.27. The van der Waals surface area contributed by atoms with Crippen LogP contribution in [0, 0.1) is 11.2 Å². The van der Waals surface area contributed by atoms with Crippen LogP contribution < -0.4 is 0 Å². The zero-order valence-electron chi connectivity index (χ0n) is 15.0. The fraction of sp³-hybridized carbons (Fsp3) is 0.550. The summed E-state index contributed by atoms with van der Waals surface area (Å²) in [5, 5.41) is 4.29. The van der Waals surface area contributed by atoms with Crippen molar-refractivity contribution in [3.63, 3.8) is 0 Å². The van der Waals surface area contributed by atoms with Gasteiger partial charge < -0.3 is 0 Å². The number of piperidine rings is 1. The van der Waals surface area contributed by atoms with Crippen LogP contribution in [0.5, 0.6) is 0 Å². The third-order valence-electron chi connectivity index (χ3n) is 5.74. The van der Waals surface area contributed by atoms with Crippen molar-refractivity contribution >= 4 is 0 Å². The van der Waals surface area contributed by atoms with Crippen LogP contribution in [0.1, 0.15) is 30.4 Å². The van der Waals surface area contributed by atoms with Gasteiger partial charge in [0.05, 0.1) is 6.20 Å². The molecule has 0 radical (unpaired) electrons. The number of hydrogen-bond acceptors (Lipinski definition) is 3. The number of aryl methyl sites for hydroxylation is 1. The number of nitrogens with zero attached hydrogens (tertiary/aromatic N) is 4. The van der Waals surface area contributed by atoms with Gasteiger partial charge in [-0.2, -0.15) is 5.10 Å². The molecule has 0 unspecified atom stereocenters. The zero-order valence-corrected chi connectivity index (χ0v) is 15.0. The number of benzene rings is 1. The van der Waals surface area contributed by atoms with E-state index >= 15 is 0 Å². The maximum absolute atomic E-state index is 13.1. The highest BCUT2D eigenvalue weighted by molar-refractivity contribution is 5.16. The van der Waals surface area contributed by atoms with Gasteiger partial charge in [0.2, 0.25) is 0 Å². The van der Waals surface area contributed by atoms with Gasteiger partial charge in [-0.3, -0.25) is 14.5 Å². The predicted molar refractivity (Wildman–Crippen MR) is 96.4 cm³/mol. The molecular weight excluding hydrogens is 315 g/mol. The Morgan fingerprint density at radius 1 is 1.00 bits per heavy atom. The number of likely N-dealkylation sites (tertiary alicyclic amines) is 2. The normalized spacial score (nSPS) is 25.0. The molecule has 2 fully saturated rings. The van der Waals surface area contributed by atoms with E-state index in [1.165, 1.54) is 43.5 Å². The second kappa shape index (κ2) is 6.89. The van der Waals surface area contributed by atoms with Crippen LogP contribution >= 0.6 is 0 Å². The van der Waals surface area contributed by atoms with Gasteiger partial charge in [0.1, 0.15) is 5.82 Å². The van der Waals surface area contributed by atoms with Crippen LogP contribution in [0.3, 0.4) is 0 Å². The van der Waals surface area contributed by atoms with Crippen molar-refractivity contribution in [3.05, 3.63) is 53.6 Å². The Kier molecular flexibility index (Phi) is 4.61. The van der Waals surface area contributed by atoms with Crippen LogP contribution in [0.4, 0.5) is 4.39 Å². The summed E-state index contributed by atoms with van der Waals surface area (Å²) < 4.78 is 15.0. The summed E-state index contributed by atoms with van der Waals surface area (Å²) in [4.78, 5) is 5.14. The average molecular weight is 342 g/mol. The van der Waals surface area contributed by atoms with E-state index in [9.17, 15) is 4.39 Å². The third-order valence-corrected chi connectivity index (χ3v) is 5.74. The van der Waals surface area contributed by atoms with E-state index in [4.69, 9.17) is 0 Å². The quantitative estimate of drug-likeness (QED) is 0.853. The van der Waals surface area contributed by atoms with Crippen molar-refractivity contribution in [2.45, 2.75) is 32.4 Å². The monoisotopic (exact) mass is 342 g/mol. The van der Waals surface area contributed by atoms with Gasteiger partial charge in [-0.15, -0.1) is 0 Å². The van der Waals surface area contributed by atoms with Crippen molar-refractivity contribution in [2.24, 2.45) is 12.5 Å². The lowest BCUT2D eigenvalue weighted by molar-refractivity contribution is 0.0866. The summed E-state index contributed by atoms with van der Waals surface area (Å²) in [5.41, 5.74) is 2.95. The topological polar surface area (TPSA) is 24.3 Å².